The van der Waals surface area contributed by atoms with E-state index in [0.29, 0.717) is 6.04 Å². The molecule has 0 bridgehead atoms. The molecule has 90 valence electrons. The van der Waals surface area contributed by atoms with Crippen LogP contribution in [0.25, 0.3) is 10.8 Å². The zero-order chi connectivity index (χ0) is 12.1. The van der Waals surface area contributed by atoms with E-state index in [-0.39, 0.29) is 6.61 Å². The summed E-state index contributed by atoms with van der Waals surface area (Å²) in [6, 6.07) is 15.2. The third-order valence-electron chi connectivity index (χ3n) is 3.20. The van der Waals surface area contributed by atoms with Crippen molar-refractivity contribution in [3.8, 4) is 0 Å². The Bertz CT molecular complexity index is 476. The summed E-state index contributed by atoms with van der Waals surface area (Å²) in [6.45, 7) is 0.253. The summed E-state index contributed by atoms with van der Waals surface area (Å²) in [4.78, 5) is 0. The van der Waals surface area contributed by atoms with E-state index in [1.54, 1.807) is 0 Å². The zero-order valence-corrected chi connectivity index (χ0v) is 10.2. The summed E-state index contributed by atoms with van der Waals surface area (Å²) in [5.74, 6) is 0. The molecule has 2 rings (SSSR count). The Morgan fingerprint density at radius 2 is 1.88 bits per heavy atom. The van der Waals surface area contributed by atoms with E-state index < -0.39 is 0 Å². The fourth-order valence-corrected chi connectivity index (χ4v) is 2.31. The van der Waals surface area contributed by atoms with Crippen LogP contribution in [0.15, 0.2) is 42.5 Å². The average Bonchev–Trinajstić information content (AvgIpc) is 2.40. The first-order chi connectivity index (χ1) is 8.36. The van der Waals surface area contributed by atoms with E-state index in [9.17, 15) is 0 Å². The lowest BCUT2D eigenvalue weighted by molar-refractivity contribution is 0.277. The van der Waals surface area contributed by atoms with Gasteiger partial charge >= 0.3 is 0 Å². The molecule has 17 heavy (non-hydrogen) atoms. The quantitative estimate of drug-likeness (QED) is 0.826. The molecule has 2 aromatic carbocycles. The number of hydrogen-bond donors (Lipinski definition) is 2. The van der Waals surface area contributed by atoms with Crippen molar-refractivity contribution in [1.29, 1.82) is 0 Å². The molecule has 0 saturated heterocycles. The maximum atomic E-state index is 8.94. The number of aliphatic hydroxyl groups is 1. The Morgan fingerprint density at radius 3 is 2.65 bits per heavy atom. The van der Waals surface area contributed by atoms with Crippen molar-refractivity contribution in [3.05, 3.63) is 48.0 Å². The van der Waals surface area contributed by atoms with Gasteiger partial charge in [0, 0.05) is 12.6 Å². The molecule has 0 saturated carbocycles. The largest absolute Gasteiger partial charge is 0.396 e. The minimum atomic E-state index is 0.253. The normalized spacial score (nSPS) is 12.8. The van der Waals surface area contributed by atoms with Crippen molar-refractivity contribution < 1.29 is 5.11 Å². The number of aliphatic hydroxyl groups excluding tert-OH is 1. The number of fused-ring (bicyclic) bond motifs is 1. The van der Waals surface area contributed by atoms with Crippen LogP contribution >= 0.6 is 0 Å². The minimum Gasteiger partial charge on any atom is -0.396 e. The van der Waals surface area contributed by atoms with Crippen LogP contribution in [-0.2, 0) is 0 Å². The van der Waals surface area contributed by atoms with Crippen LogP contribution in [0.5, 0.6) is 0 Å². The second kappa shape index (κ2) is 5.80. The molecule has 2 N–H and O–H groups in total. The zero-order valence-electron chi connectivity index (χ0n) is 10.2. The third-order valence-corrected chi connectivity index (χ3v) is 3.20. The van der Waals surface area contributed by atoms with Crippen LogP contribution in [0.1, 0.15) is 24.4 Å². The third kappa shape index (κ3) is 2.65. The van der Waals surface area contributed by atoms with Crippen LogP contribution in [-0.4, -0.2) is 18.8 Å². The van der Waals surface area contributed by atoms with Gasteiger partial charge in [0.05, 0.1) is 0 Å². The average molecular weight is 229 g/mol. The SMILES string of the molecule is CNC(CCCO)c1cccc2ccccc12. The molecule has 0 radical (unpaired) electrons. The Balaban J connectivity index is 2.38. The van der Waals surface area contributed by atoms with Crippen molar-refractivity contribution in [2.75, 3.05) is 13.7 Å². The fourth-order valence-electron chi connectivity index (χ4n) is 2.31. The molecule has 0 aliphatic rings. The molecule has 0 aliphatic heterocycles. The van der Waals surface area contributed by atoms with Gasteiger partial charge in [-0.3, -0.25) is 0 Å². The molecule has 0 heterocycles. The van der Waals surface area contributed by atoms with Crippen molar-refractivity contribution in [2.45, 2.75) is 18.9 Å². The maximum Gasteiger partial charge on any atom is 0.0431 e. The summed E-state index contributed by atoms with van der Waals surface area (Å²) >= 11 is 0. The van der Waals surface area contributed by atoms with Gasteiger partial charge in [0.1, 0.15) is 0 Å². The monoisotopic (exact) mass is 229 g/mol. The molecule has 0 aromatic heterocycles. The molecular formula is C15H19NO. The Labute approximate surface area is 102 Å². The van der Waals surface area contributed by atoms with Gasteiger partial charge in [-0.2, -0.15) is 0 Å². The first-order valence-electron chi connectivity index (χ1n) is 6.12. The number of hydrogen-bond acceptors (Lipinski definition) is 2. The van der Waals surface area contributed by atoms with Crippen LogP contribution < -0.4 is 5.32 Å². The second-order valence-electron chi connectivity index (χ2n) is 4.28. The topological polar surface area (TPSA) is 32.3 Å². The van der Waals surface area contributed by atoms with E-state index in [1.165, 1.54) is 16.3 Å². The maximum absolute atomic E-state index is 8.94. The van der Waals surface area contributed by atoms with Gasteiger partial charge in [-0.05, 0) is 36.2 Å². The van der Waals surface area contributed by atoms with Gasteiger partial charge in [-0.15, -0.1) is 0 Å². The Morgan fingerprint density at radius 1 is 1.12 bits per heavy atom. The molecule has 1 atom stereocenters. The lowest BCUT2D eigenvalue weighted by Gasteiger charge is -2.18. The molecule has 0 fully saturated rings. The van der Waals surface area contributed by atoms with Crippen molar-refractivity contribution in [2.24, 2.45) is 0 Å². The van der Waals surface area contributed by atoms with Crippen LogP contribution in [0.3, 0.4) is 0 Å². The molecule has 2 aromatic rings. The van der Waals surface area contributed by atoms with E-state index >= 15 is 0 Å². The smallest absolute Gasteiger partial charge is 0.0431 e. The molecule has 0 amide bonds. The summed E-state index contributed by atoms with van der Waals surface area (Å²) in [5, 5.41) is 14.8. The fraction of sp³-hybridized carbons (Fsp3) is 0.333. The highest BCUT2D eigenvalue weighted by Gasteiger charge is 2.11. The highest BCUT2D eigenvalue weighted by Crippen LogP contribution is 2.26. The van der Waals surface area contributed by atoms with E-state index in [1.807, 2.05) is 7.05 Å². The van der Waals surface area contributed by atoms with Crippen LogP contribution in [0, 0.1) is 0 Å². The van der Waals surface area contributed by atoms with Gasteiger partial charge in [-0.1, -0.05) is 42.5 Å². The van der Waals surface area contributed by atoms with E-state index in [4.69, 9.17) is 5.11 Å². The minimum absolute atomic E-state index is 0.253. The molecule has 2 heteroatoms. The second-order valence-corrected chi connectivity index (χ2v) is 4.28. The lowest BCUT2D eigenvalue weighted by atomic mass is 9.96. The first-order valence-corrected chi connectivity index (χ1v) is 6.12. The highest BCUT2D eigenvalue weighted by molar-refractivity contribution is 5.86. The Kier molecular flexibility index (Phi) is 4.13. The van der Waals surface area contributed by atoms with Crippen LogP contribution in [0.4, 0.5) is 0 Å². The van der Waals surface area contributed by atoms with Gasteiger partial charge in [-0.25, -0.2) is 0 Å². The number of rotatable bonds is 5. The summed E-state index contributed by atoms with van der Waals surface area (Å²) in [7, 11) is 1.98. The summed E-state index contributed by atoms with van der Waals surface area (Å²) in [6.07, 6.45) is 1.79. The standard InChI is InChI=1S/C15H19NO/c1-16-15(10-5-11-17)14-9-4-7-12-6-2-3-8-13(12)14/h2-4,6-9,15-17H,5,10-11H2,1H3. The highest BCUT2D eigenvalue weighted by atomic mass is 16.2. The predicted octanol–water partition coefficient (Wildman–Crippen LogP) is 2.87. The van der Waals surface area contributed by atoms with Gasteiger partial charge in [0.25, 0.3) is 0 Å². The van der Waals surface area contributed by atoms with Crippen molar-refractivity contribution in [3.63, 3.8) is 0 Å². The summed E-state index contributed by atoms with van der Waals surface area (Å²) in [5.41, 5.74) is 1.32. The van der Waals surface area contributed by atoms with E-state index in [2.05, 4.69) is 47.8 Å². The van der Waals surface area contributed by atoms with Crippen LogP contribution in [0.2, 0.25) is 0 Å². The van der Waals surface area contributed by atoms with E-state index in [0.717, 1.165) is 12.8 Å². The molecule has 2 nitrogen and oxygen atoms in total. The first kappa shape index (κ1) is 12.1. The lowest BCUT2D eigenvalue weighted by Crippen LogP contribution is -2.17. The Hall–Kier alpha value is -1.38. The molecule has 0 aliphatic carbocycles. The van der Waals surface area contributed by atoms with Gasteiger partial charge in [0.2, 0.25) is 0 Å². The van der Waals surface area contributed by atoms with Crippen molar-refractivity contribution in [1.82, 2.24) is 5.32 Å². The number of nitrogens with one attached hydrogen (secondary N) is 1. The molecule has 0 spiro atoms. The summed E-state index contributed by atoms with van der Waals surface area (Å²) < 4.78 is 0. The number of benzene rings is 2. The van der Waals surface area contributed by atoms with Crippen molar-refractivity contribution >= 4 is 10.8 Å². The molecule has 1 unspecified atom stereocenters. The van der Waals surface area contributed by atoms with Gasteiger partial charge in [0.15, 0.2) is 0 Å². The predicted molar refractivity (Wildman–Crippen MR) is 72.1 cm³/mol. The van der Waals surface area contributed by atoms with Gasteiger partial charge < -0.3 is 10.4 Å². The molecular weight excluding hydrogens is 210 g/mol.